The molecule has 2 rings (SSSR count). The summed E-state index contributed by atoms with van der Waals surface area (Å²) < 4.78 is 1.47. The topological polar surface area (TPSA) is 58.2 Å². The zero-order valence-corrected chi connectivity index (χ0v) is 14.4. The number of carbonyl (C=O) groups is 2. The zero-order valence-electron chi connectivity index (χ0n) is 10.5. The van der Waals surface area contributed by atoms with Crippen molar-refractivity contribution in [2.45, 2.75) is 0 Å². The van der Waals surface area contributed by atoms with Crippen LogP contribution in [0.2, 0.25) is 5.02 Å². The predicted molar refractivity (Wildman–Crippen MR) is 89.8 cm³/mol. The number of hydrogen-bond donors (Lipinski definition) is 2. The molecule has 0 bridgehead atoms. The first-order valence-corrected chi connectivity index (χ1v) is 7.74. The third kappa shape index (κ3) is 4.84. The molecule has 2 N–H and O–H groups in total. The van der Waals surface area contributed by atoms with E-state index < -0.39 is 11.9 Å². The SMILES string of the molecule is O=C(NC(=O)c1cc(Br)cc(Br)c1)Nc1ccc(Cl)cc1. The van der Waals surface area contributed by atoms with Gasteiger partial charge in [0.15, 0.2) is 0 Å². The number of rotatable bonds is 2. The molecule has 21 heavy (non-hydrogen) atoms. The van der Waals surface area contributed by atoms with Crippen molar-refractivity contribution in [3.8, 4) is 0 Å². The minimum Gasteiger partial charge on any atom is -0.308 e. The van der Waals surface area contributed by atoms with Gasteiger partial charge in [0.1, 0.15) is 0 Å². The Kier molecular flexibility index (Phi) is 5.39. The molecule has 0 aliphatic heterocycles. The van der Waals surface area contributed by atoms with E-state index in [4.69, 9.17) is 11.6 Å². The second kappa shape index (κ2) is 7.06. The van der Waals surface area contributed by atoms with Crippen molar-refractivity contribution in [1.82, 2.24) is 5.32 Å². The second-order valence-electron chi connectivity index (χ2n) is 4.07. The van der Waals surface area contributed by atoms with Gasteiger partial charge in [-0.25, -0.2) is 4.79 Å². The fraction of sp³-hybridized carbons (Fsp3) is 0. The minimum atomic E-state index is -0.613. The van der Waals surface area contributed by atoms with Crippen molar-refractivity contribution in [3.05, 3.63) is 62.0 Å². The average molecular weight is 432 g/mol. The molecule has 0 saturated carbocycles. The summed E-state index contributed by atoms with van der Waals surface area (Å²) in [5, 5.41) is 5.36. The summed E-state index contributed by atoms with van der Waals surface area (Å²) >= 11 is 12.3. The van der Waals surface area contributed by atoms with Crippen LogP contribution in [0.4, 0.5) is 10.5 Å². The fourth-order valence-electron chi connectivity index (χ4n) is 1.56. The number of halogens is 3. The van der Waals surface area contributed by atoms with E-state index in [0.717, 1.165) is 8.95 Å². The molecule has 3 amide bonds. The number of anilines is 1. The van der Waals surface area contributed by atoms with Crippen LogP contribution in [-0.2, 0) is 0 Å². The summed E-state index contributed by atoms with van der Waals surface area (Å²) in [7, 11) is 0. The molecule has 0 saturated heterocycles. The highest BCUT2D eigenvalue weighted by molar-refractivity contribution is 9.11. The van der Waals surface area contributed by atoms with Crippen LogP contribution in [0.25, 0.3) is 0 Å². The van der Waals surface area contributed by atoms with Gasteiger partial charge in [-0.1, -0.05) is 43.5 Å². The van der Waals surface area contributed by atoms with E-state index in [1.54, 1.807) is 42.5 Å². The van der Waals surface area contributed by atoms with Crippen LogP contribution >= 0.6 is 43.5 Å². The van der Waals surface area contributed by atoms with Gasteiger partial charge in [0, 0.05) is 25.2 Å². The first-order valence-electron chi connectivity index (χ1n) is 5.78. The highest BCUT2D eigenvalue weighted by Crippen LogP contribution is 2.20. The number of nitrogens with one attached hydrogen (secondary N) is 2. The van der Waals surface area contributed by atoms with E-state index in [2.05, 4.69) is 42.5 Å². The van der Waals surface area contributed by atoms with Crippen LogP contribution in [0.1, 0.15) is 10.4 Å². The maximum atomic E-state index is 12.0. The van der Waals surface area contributed by atoms with Crippen LogP contribution in [0.15, 0.2) is 51.4 Å². The van der Waals surface area contributed by atoms with Crippen LogP contribution in [-0.4, -0.2) is 11.9 Å². The minimum absolute atomic E-state index is 0.363. The molecule has 2 aromatic rings. The molecule has 0 aliphatic rings. The van der Waals surface area contributed by atoms with E-state index in [1.807, 2.05) is 0 Å². The Labute approximate surface area is 143 Å². The number of imide groups is 1. The molecule has 0 heterocycles. The fourth-order valence-corrected chi connectivity index (χ4v) is 2.98. The van der Waals surface area contributed by atoms with Gasteiger partial charge in [-0.3, -0.25) is 10.1 Å². The largest absolute Gasteiger partial charge is 0.326 e. The molecule has 4 nitrogen and oxygen atoms in total. The Hall–Kier alpha value is -1.37. The van der Waals surface area contributed by atoms with E-state index in [9.17, 15) is 9.59 Å². The molecule has 0 unspecified atom stereocenters. The molecule has 0 radical (unpaired) electrons. The average Bonchev–Trinajstić information content (AvgIpc) is 2.40. The molecule has 0 aromatic heterocycles. The van der Waals surface area contributed by atoms with Gasteiger partial charge in [0.25, 0.3) is 5.91 Å². The number of benzene rings is 2. The molecular weight excluding hydrogens is 423 g/mol. The third-order valence-corrected chi connectivity index (χ3v) is 3.62. The van der Waals surface area contributed by atoms with Gasteiger partial charge in [-0.2, -0.15) is 0 Å². The summed E-state index contributed by atoms with van der Waals surface area (Å²) in [6, 6.07) is 11.0. The Morgan fingerprint density at radius 2 is 1.52 bits per heavy atom. The summed E-state index contributed by atoms with van der Waals surface area (Å²) in [5.41, 5.74) is 0.905. The van der Waals surface area contributed by atoms with E-state index >= 15 is 0 Å². The van der Waals surface area contributed by atoms with Gasteiger partial charge in [0.05, 0.1) is 0 Å². The molecule has 2 aromatic carbocycles. The van der Waals surface area contributed by atoms with E-state index in [-0.39, 0.29) is 0 Å². The van der Waals surface area contributed by atoms with Crippen molar-refractivity contribution in [2.24, 2.45) is 0 Å². The quantitative estimate of drug-likeness (QED) is 0.714. The van der Waals surface area contributed by atoms with Crippen molar-refractivity contribution < 1.29 is 9.59 Å². The zero-order chi connectivity index (χ0) is 15.4. The van der Waals surface area contributed by atoms with Crippen molar-refractivity contribution in [2.75, 3.05) is 5.32 Å². The lowest BCUT2D eigenvalue weighted by Gasteiger charge is -2.07. The summed E-state index contributed by atoms with van der Waals surface area (Å²) in [6.07, 6.45) is 0. The number of hydrogen-bond acceptors (Lipinski definition) is 2. The Bertz CT molecular complexity index is 670. The van der Waals surface area contributed by atoms with Gasteiger partial charge >= 0.3 is 6.03 Å². The lowest BCUT2D eigenvalue weighted by Crippen LogP contribution is -2.34. The Morgan fingerprint density at radius 1 is 0.952 bits per heavy atom. The van der Waals surface area contributed by atoms with E-state index in [0.29, 0.717) is 16.3 Å². The van der Waals surface area contributed by atoms with E-state index in [1.165, 1.54) is 0 Å². The smallest absolute Gasteiger partial charge is 0.308 e. The molecular formula is C14H9Br2ClN2O2. The number of urea groups is 1. The van der Waals surface area contributed by atoms with Crippen LogP contribution in [0.3, 0.4) is 0 Å². The maximum absolute atomic E-state index is 12.0. The lowest BCUT2D eigenvalue weighted by atomic mass is 10.2. The predicted octanol–water partition coefficient (Wildman–Crippen LogP) is 4.83. The third-order valence-electron chi connectivity index (χ3n) is 2.45. The monoisotopic (exact) mass is 430 g/mol. The van der Waals surface area contributed by atoms with Crippen molar-refractivity contribution in [1.29, 1.82) is 0 Å². The lowest BCUT2D eigenvalue weighted by molar-refractivity contribution is 0.0967. The van der Waals surface area contributed by atoms with Crippen molar-refractivity contribution >= 4 is 61.1 Å². The van der Waals surface area contributed by atoms with Crippen LogP contribution < -0.4 is 10.6 Å². The summed E-state index contributed by atoms with van der Waals surface area (Å²) in [4.78, 5) is 23.7. The molecule has 0 spiro atoms. The van der Waals surface area contributed by atoms with Gasteiger partial charge in [-0.15, -0.1) is 0 Å². The van der Waals surface area contributed by atoms with Crippen LogP contribution in [0.5, 0.6) is 0 Å². The maximum Gasteiger partial charge on any atom is 0.326 e. The van der Waals surface area contributed by atoms with Gasteiger partial charge < -0.3 is 5.32 Å². The molecule has 0 aliphatic carbocycles. The first kappa shape index (κ1) is 16.0. The molecule has 0 fully saturated rings. The summed E-state index contributed by atoms with van der Waals surface area (Å²) in [5.74, 6) is -0.497. The van der Waals surface area contributed by atoms with Crippen molar-refractivity contribution in [3.63, 3.8) is 0 Å². The van der Waals surface area contributed by atoms with Gasteiger partial charge in [0.2, 0.25) is 0 Å². The Balaban J connectivity index is 2.01. The highest BCUT2D eigenvalue weighted by atomic mass is 79.9. The summed E-state index contributed by atoms with van der Waals surface area (Å²) in [6.45, 7) is 0. The number of carbonyl (C=O) groups excluding carboxylic acids is 2. The molecule has 0 atom stereocenters. The second-order valence-corrected chi connectivity index (χ2v) is 6.34. The Morgan fingerprint density at radius 3 is 2.10 bits per heavy atom. The standard InChI is InChI=1S/C14H9Br2ClN2O2/c15-9-5-8(6-10(16)7-9)13(20)19-14(21)18-12-3-1-11(17)2-4-12/h1-7H,(H2,18,19,20,21). The molecule has 7 heteroatoms. The normalized spacial score (nSPS) is 10.0. The first-order chi connectivity index (χ1) is 9.94. The van der Waals surface area contributed by atoms with Crippen LogP contribution in [0, 0.1) is 0 Å². The highest BCUT2D eigenvalue weighted by Gasteiger charge is 2.11. The van der Waals surface area contributed by atoms with Gasteiger partial charge in [-0.05, 0) is 42.5 Å². The molecule has 108 valence electrons. The number of amides is 3.